The van der Waals surface area contributed by atoms with Crippen LogP contribution in [0, 0.1) is 23.0 Å². The first-order valence-corrected chi connectivity index (χ1v) is 10.4. The number of carbonyl (C=O) groups excluding carboxylic acids is 2. The summed E-state index contributed by atoms with van der Waals surface area (Å²) >= 11 is 0. The van der Waals surface area contributed by atoms with Crippen LogP contribution in [0.3, 0.4) is 0 Å². The van der Waals surface area contributed by atoms with Gasteiger partial charge >= 0.3 is 0 Å². The molecule has 3 rings (SSSR count). The molecule has 1 aliphatic carbocycles. The average Bonchev–Trinajstić information content (AvgIpc) is 2.78. The molecule has 0 heterocycles. The zero-order valence-corrected chi connectivity index (χ0v) is 17.7. The molecular formula is C23H26N4O4. The van der Waals surface area contributed by atoms with Crippen molar-refractivity contribution >= 4 is 28.9 Å². The van der Waals surface area contributed by atoms with Gasteiger partial charge in [-0.05, 0) is 50.5 Å². The Morgan fingerprint density at radius 3 is 2.32 bits per heavy atom. The molecule has 2 aromatic rings. The van der Waals surface area contributed by atoms with Crippen molar-refractivity contribution in [2.24, 2.45) is 11.0 Å². The minimum Gasteiger partial charge on any atom is -0.326 e. The molecule has 31 heavy (non-hydrogen) atoms. The summed E-state index contributed by atoms with van der Waals surface area (Å²) in [6.45, 7) is 3.36. The quantitative estimate of drug-likeness (QED) is 0.403. The first-order valence-electron chi connectivity index (χ1n) is 10.4. The van der Waals surface area contributed by atoms with Crippen molar-refractivity contribution in [2.75, 3.05) is 5.32 Å². The zero-order valence-electron chi connectivity index (χ0n) is 17.7. The molecule has 1 saturated carbocycles. The van der Waals surface area contributed by atoms with Crippen LogP contribution in [0.4, 0.5) is 11.4 Å². The number of nitro benzene ring substituents is 1. The number of amides is 2. The van der Waals surface area contributed by atoms with Gasteiger partial charge in [0.15, 0.2) is 0 Å². The summed E-state index contributed by atoms with van der Waals surface area (Å²) in [7, 11) is 0. The third kappa shape index (κ3) is 5.75. The standard InChI is InChI=1S/C23H26N4O4/c1-15-8-9-19(14-21(15)27(30)31)23(29)26-25-16(2)17-10-12-20(13-11-17)24-22(28)18-6-4-3-5-7-18/h8-14,18H,3-7H2,1-2H3,(H,24,28)(H,26,29)/b25-16+. The number of hydrogen-bond donors (Lipinski definition) is 2. The number of benzene rings is 2. The Hall–Kier alpha value is -3.55. The molecule has 1 fully saturated rings. The second-order valence-corrected chi connectivity index (χ2v) is 7.80. The first kappa shape index (κ1) is 22.1. The summed E-state index contributed by atoms with van der Waals surface area (Å²) in [6, 6.07) is 11.5. The summed E-state index contributed by atoms with van der Waals surface area (Å²) in [4.78, 5) is 35.2. The molecule has 0 bridgehead atoms. The summed E-state index contributed by atoms with van der Waals surface area (Å²) in [5, 5.41) is 18.1. The first-order chi connectivity index (χ1) is 14.8. The summed E-state index contributed by atoms with van der Waals surface area (Å²) < 4.78 is 0. The van der Waals surface area contributed by atoms with E-state index >= 15 is 0 Å². The molecular weight excluding hydrogens is 396 g/mol. The number of nitro groups is 1. The van der Waals surface area contributed by atoms with Gasteiger partial charge in [-0.3, -0.25) is 19.7 Å². The van der Waals surface area contributed by atoms with E-state index in [-0.39, 0.29) is 23.1 Å². The fourth-order valence-corrected chi connectivity index (χ4v) is 3.61. The molecule has 2 amide bonds. The second kappa shape index (κ2) is 9.97. The van der Waals surface area contributed by atoms with Crippen LogP contribution in [0.15, 0.2) is 47.6 Å². The Labute approximate surface area is 180 Å². The van der Waals surface area contributed by atoms with E-state index in [9.17, 15) is 19.7 Å². The Balaban J connectivity index is 1.61. The lowest BCUT2D eigenvalue weighted by Crippen LogP contribution is -2.24. The van der Waals surface area contributed by atoms with Gasteiger partial charge in [0.1, 0.15) is 0 Å². The molecule has 2 N–H and O–H groups in total. The Morgan fingerprint density at radius 2 is 1.68 bits per heavy atom. The van der Waals surface area contributed by atoms with Crippen molar-refractivity contribution in [3.8, 4) is 0 Å². The smallest absolute Gasteiger partial charge is 0.273 e. The number of aryl methyl sites for hydroxylation is 1. The molecule has 1 aliphatic rings. The number of anilines is 1. The highest BCUT2D eigenvalue weighted by Gasteiger charge is 2.21. The Kier molecular flexibility index (Phi) is 7.12. The Bertz CT molecular complexity index is 1010. The second-order valence-electron chi connectivity index (χ2n) is 7.80. The molecule has 0 atom stereocenters. The van der Waals surface area contributed by atoms with Gasteiger partial charge in [0.05, 0.1) is 10.6 Å². The highest BCUT2D eigenvalue weighted by atomic mass is 16.6. The highest BCUT2D eigenvalue weighted by molar-refractivity contribution is 6.01. The number of nitrogens with one attached hydrogen (secondary N) is 2. The molecule has 8 heteroatoms. The minimum atomic E-state index is -0.529. The van der Waals surface area contributed by atoms with Gasteiger partial charge in [-0.15, -0.1) is 0 Å². The Morgan fingerprint density at radius 1 is 1.03 bits per heavy atom. The highest BCUT2D eigenvalue weighted by Crippen LogP contribution is 2.25. The molecule has 0 aromatic heterocycles. The van der Waals surface area contributed by atoms with Crippen LogP contribution < -0.4 is 10.7 Å². The van der Waals surface area contributed by atoms with E-state index < -0.39 is 10.8 Å². The van der Waals surface area contributed by atoms with E-state index in [1.54, 1.807) is 26.0 Å². The van der Waals surface area contributed by atoms with Crippen LogP contribution in [-0.2, 0) is 4.79 Å². The summed E-state index contributed by atoms with van der Waals surface area (Å²) in [6.07, 6.45) is 5.30. The fraction of sp³-hybridized carbons (Fsp3) is 0.348. The van der Waals surface area contributed by atoms with Gasteiger partial charge in [-0.2, -0.15) is 5.10 Å². The predicted octanol–water partition coefficient (Wildman–Crippen LogP) is 4.58. The number of nitrogens with zero attached hydrogens (tertiary/aromatic N) is 2. The van der Waals surface area contributed by atoms with Crippen molar-refractivity contribution in [3.05, 3.63) is 69.3 Å². The topological polar surface area (TPSA) is 114 Å². The van der Waals surface area contributed by atoms with Crippen LogP contribution in [0.1, 0.15) is 60.5 Å². The molecule has 0 spiro atoms. The molecule has 0 unspecified atom stereocenters. The number of rotatable bonds is 6. The van der Waals surface area contributed by atoms with E-state index in [1.165, 1.54) is 24.6 Å². The van der Waals surface area contributed by atoms with Gasteiger partial charge in [-0.25, -0.2) is 5.43 Å². The minimum absolute atomic E-state index is 0.0669. The van der Waals surface area contributed by atoms with Gasteiger partial charge in [0, 0.05) is 28.8 Å². The maximum absolute atomic E-state index is 12.4. The zero-order chi connectivity index (χ0) is 22.4. The lowest BCUT2D eigenvalue weighted by molar-refractivity contribution is -0.385. The van der Waals surface area contributed by atoms with Crippen molar-refractivity contribution in [1.82, 2.24) is 5.43 Å². The predicted molar refractivity (Wildman–Crippen MR) is 119 cm³/mol. The van der Waals surface area contributed by atoms with Crippen LogP contribution in [0.5, 0.6) is 0 Å². The molecule has 2 aromatic carbocycles. The van der Waals surface area contributed by atoms with Gasteiger partial charge in [0.25, 0.3) is 11.6 Å². The fourth-order valence-electron chi connectivity index (χ4n) is 3.61. The average molecular weight is 422 g/mol. The molecule has 0 saturated heterocycles. The van der Waals surface area contributed by atoms with E-state index in [0.29, 0.717) is 11.3 Å². The van der Waals surface area contributed by atoms with Gasteiger partial charge in [-0.1, -0.05) is 37.5 Å². The monoisotopic (exact) mass is 422 g/mol. The molecule has 8 nitrogen and oxygen atoms in total. The van der Waals surface area contributed by atoms with E-state index in [4.69, 9.17) is 0 Å². The van der Waals surface area contributed by atoms with Crippen molar-refractivity contribution in [3.63, 3.8) is 0 Å². The normalized spacial score (nSPS) is 14.7. The summed E-state index contributed by atoms with van der Waals surface area (Å²) in [5.41, 5.74) is 5.04. The largest absolute Gasteiger partial charge is 0.326 e. The van der Waals surface area contributed by atoms with Gasteiger partial charge < -0.3 is 5.32 Å². The van der Waals surface area contributed by atoms with Crippen LogP contribution in [-0.4, -0.2) is 22.4 Å². The SMILES string of the molecule is C/C(=N\NC(=O)c1ccc(C)c([N+](=O)[O-])c1)c1ccc(NC(=O)C2CCCCC2)cc1. The van der Waals surface area contributed by atoms with Crippen molar-refractivity contribution in [1.29, 1.82) is 0 Å². The van der Waals surface area contributed by atoms with Crippen LogP contribution in [0.2, 0.25) is 0 Å². The number of hydrazone groups is 1. The van der Waals surface area contributed by atoms with E-state index in [1.807, 2.05) is 12.1 Å². The van der Waals surface area contributed by atoms with Crippen LogP contribution in [0.25, 0.3) is 0 Å². The summed E-state index contributed by atoms with van der Waals surface area (Å²) in [5.74, 6) is -0.374. The van der Waals surface area contributed by atoms with Crippen molar-refractivity contribution in [2.45, 2.75) is 46.0 Å². The van der Waals surface area contributed by atoms with E-state index in [0.717, 1.165) is 36.9 Å². The number of hydrogen-bond acceptors (Lipinski definition) is 5. The molecule has 0 aliphatic heterocycles. The molecule has 0 radical (unpaired) electrons. The maximum Gasteiger partial charge on any atom is 0.273 e. The van der Waals surface area contributed by atoms with Crippen LogP contribution >= 0.6 is 0 Å². The van der Waals surface area contributed by atoms with E-state index in [2.05, 4.69) is 15.8 Å². The lowest BCUT2D eigenvalue weighted by atomic mass is 9.88. The number of carbonyl (C=O) groups is 2. The molecule has 162 valence electrons. The maximum atomic E-state index is 12.4. The third-order valence-corrected chi connectivity index (χ3v) is 5.54. The van der Waals surface area contributed by atoms with Crippen molar-refractivity contribution < 1.29 is 14.5 Å². The third-order valence-electron chi connectivity index (χ3n) is 5.54. The lowest BCUT2D eigenvalue weighted by Gasteiger charge is -2.20. The van der Waals surface area contributed by atoms with Gasteiger partial charge in [0.2, 0.25) is 5.91 Å².